The third kappa shape index (κ3) is 4.94. The largest absolute Gasteiger partial charge is 0.399 e. The lowest BCUT2D eigenvalue weighted by Gasteiger charge is -2.30. The van der Waals surface area contributed by atoms with E-state index in [4.69, 9.17) is 16.5 Å². The number of amides is 1. The Morgan fingerprint density at radius 1 is 1.03 bits per heavy atom. The fraction of sp³-hybridized carbons (Fsp3) is 0.214. The van der Waals surface area contributed by atoms with E-state index in [9.17, 15) is 9.18 Å². The number of hydrogen-bond donors (Lipinski definition) is 3. The second kappa shape index (κ2) is 9.83. The predicted octanol–water partition coefficient (Wildman–Crippen LogP) is 4.24. The number of aromatic nitrogens is 2. The molecule has 0 saturated heterocycles. The minimum atomic E-state index is -0.656. The van der Waals surface area contributed by atoms with Crippen LogP contribution in [-0.4, -0.2) is 32.9 Å². The fourth-order valence-corrected chi connectivity index (χ4v) is 4.46. The summed E-state index contributed by atoms with van der Waals surface area (Å²) in [7, 11) is 0. The van der Waals surface area contributed by atoms with Gasteiger partial charge in [0.1, 0.15) is 23.2 Å². The van der Waals surface area contributed by atoms with Gasteiger partial charge in [-0.2, -0.15) is 0 Å². The molecule has 8 heteroatoms. The van der Waals surface area contributed by atoms with E-state index in [0.29, 0.717) is 37.4 Å². The number of anilines is 3. The summed E-state index contributed by atoms with van der Waals surface area (Å²) in [6.45, 7) is 3.47. The van der Waals surface area contributed by atoms with Gasteiger partial charge in [-0.25, -0.2) is 9.37 Å². The summed E-state index contributed by atoms with van der Waals surface area (Å²) < 4.78 is 15.7. The Morgan fingerprint density at radius 2 is 1.72 bits per heavy atom. The normalized spacial score (nSPS) is 13.8. The first-order valence-electron chi connectivity index (χ1n) is 11.9. The van der Waals surface area contributed by atoms with Crippen LogP contribution >= 0.6 is 0 Å². The average Bonchev–Trinajstić information content (AvgIpc) is 3.24. The van der Waals surface area contributed by atoms with E-state index in [1.165, 1.54) is 17.7 Å². The Balaban J connectivity index is 1.41. The van der Waals surface area contributed by atoms with E-state index >= 15 is 0 Å². The molecule has 3 aromatic carbocycles. The third-order valence-electron chi connectivity index (χ3n) is 6.47. The number of rotatable bonds is 6. The number of nitrogens with two attached hydrogens (primary N) is 2. The molecule has 0 radical (unpaired) electrons. The lowest BCUT2D eigenvalue weighted by atomic mass is 10.0. The molecule has 0 bridgehead atoms. The van der Waals surface area contributed by atoms with E-state index in [0.717, 1.165) is 28.5 Å². The summed E-state index contributed by atoms with van der Waals surface area (Å²) in [6, 6.07) is 21.1. The van der Waals surface area contributed by atoms with Crippen molar-refractivity contribution in [2.45, 2.75) is 32.5 Å². The first-order valence-corrected chi connectivity index (χ1v) is 11.9. The molecule has 0 spiro atoms. The molecule has 0 unspecified atom stereocenters. The van der Waals surface area contributed by atoms with Gasteiger partial charge >= 0.3 is 0 Å². The van der Waals surface area contributed by atoms with E-state index in [2.05, 4.69) is 9.88 Å². The van der Waals surface area contributed by atoms with Gasteiger partial charge in [0.25, 0.3) is 0 Å². The van der Waals surface area contributed by atoms with Gasteiger partial charge in [-0.1, -0.05) is 29.8 Å². The highest BCUT2D eigenvalue weighted by Crippen LogP contribution is 2.33. The van der Waals surface area contributed by atoms with Crippen molar-refractivity contribution in [1.29, 1.82) is 0 Å². The van der Waals surface area contributed by atoms with E-state index in [-0.39, 0.29) is 11.7 Å². The number of hydrogen-bond acceptors (Lipinski definition) is 5. The summed E-state index contributed by atoms with van der Waals surface area (Å²) in [5.74, 6) is 1.15. The van der Waals surface area contributed by atoms with Crippen molar-refractivity contribution < 1.29 is 9.18 Å². The summed E-state index contributed by atoms with van der Waals surface area (Å²) >= 11 is 0. The quantitative estimate of drug-likeness (QED) is 0.356. The Kier molecular flexibility index (Phi) is 6.43. The predicted molar refractivity (Wildman–Crippen MR) is 140 cm³/mol. The lowest BCUT2D eigenvalue weighted by Crippen LogP contribution is -2.47. The number of benzene rings is 3. The number of fused-ring (bicyclic) bond motifs is 1. The molecule has 1 aliphatic heterocycles. The number of carbonyl (C=O) groups is 1. The highest BCUT2D eigenvalue weighted by Gasteiger charge is 2.29. The van der Waals surface area contributed by atoms with Crippen molar-refractivity contribution in [3.63, 3.8) is 0 Å². The molecule has 1 aliphatic rings. The van der Waals surface area contributed by atoms with Crippen molar-refractivity contribution >= 4 is 23.1 Å². The standard InChI is InChI=1S/C28H29FN6O/c1-18-2-12-23(13-3-18)32-27-26(20-6-8-21(29)9-7-20)33-25-17-34(14-15-35(25)27)28(36)24(31)16-19-4-10-22(30)11-5-19/h2-13,24,32H,14-17,30-31H2,1H3/t24-/m0/s1. The van der Waals surface area contributed by atoms with Gasteiger partial charge in [0.05, 0.1) is 12.6 Å². The minimum Gasteiger partial charge on any atom is -0.399 e. The Hall–Kier alpha value is -4.17. The van der Waals surface area contributed by atoms with Crippen LogP contribution in [0.2, 0.25) is 0 Å². The molecule has 5 N–H and O–H groups in total. The number of aryl methyl sites for hydroxylation is 1. The number of imidazole rings is 1. The SMILES string of the molecule is Cc1ccc(Nc2c(-c3ccc(F)cc3)nc3n2CCN(C(=O)[C@@H](N)Cc2ccc(N)cc2)C3)cc1. The van der Waals surface area contributed by atoms with Gasteiger partial charge in [0, 0.05) is 30.0 Å². The molecule has 7 nitrogen and oxygen atoms in total. The molecule has 184 valence electrons. The average molecular weight is 485 g/mol. The Labute approximate surface area is 209 Å². The molecule has 1 aromatic heterocycles. The molecule has 0 fully saturated rings. The lowest BCUT2D eigenvalue weighted by molar-refractivity contribution is -0.134. The van der Waals surface area contributed by atoms with Crippen molar-refractivity contribution in [2.75, 3.05) is 17.6 Å². The van der Waals surface area contributed by atoms with Crippen LogP contribution in [0.3, 0.4) is 0 Å². The minimum absolute atomic E-state index is 0.113. The smallest absolute Gasteiger partial charge is 0.240 e. The van der Waals surface area contributed by atoms with Gasteiger partial charge in [0.2, 0.25) is 5.91 Å². The van der Waals surface area contributed by atoms with Crippen molar-refractivity contribution in [1.82, 2.24) is 14.5 Å². The molecule has 4 aromatic rings. The van der Waals surface area contributed by atoms with Crippen LogP contribution in [0.5, 0.6) is 0 Å². The molecular weight excluding hydrogens is 455 g/mol. The van der Waals surface area contributed by atoms with Gasteiger partial charge in [-0.05, 0) is 67.4 Å². The van der Waals surface area contributed by atoms with Crippen molar-refractivity contribution in [3.8, 4) is 11.3 Å². The van der Waals surface area contributed by atoms with Gasteiger partial charge < -0.3 is 26.3 Å². The highest BCUT2D eigenvalue weighted by molar-refractivity contribution is 5.82. The molecule has 2 heterocycles. The summed E-state index contributed by atoms with van der Waals surface area (Å²) in [4.78, 5) is 19.8. The van der Waals surface area contributed by atoms with Crippen molar-refractivity contribution in [3.05, 3.63) is 95.6 Å². The monoisotopic (exact) mass is 484 g/mol. The number of nitrogens with one attached hydrogen (secondary N) is 1. The van der Waals surface area contributed by atoms with E-state index in [1.54, 1.807) is 17.0 Å². The fourth-order valence-electron chi connectivity index (χ4n) is 4.46. The topological polar surface area (TPSA) is 102 Å². The first kappa shape index (κ1) is 23.6. The number of nitrogen functional groups attached to an aromatic ring is 1. The Morgan fingerprint density at radius 3 is 2.42 bits per heavy atom. The zero-order valence-electron chi connectivity index (χ0n) is 20.1. The maximum Gasteiger partial charge on any atom is 0.240 e. The molecule has 0 aliphatic carbocycles. The molecular formula is C28H29FN6O. The maximum atomic E-state index is 13.6. The first-order chi connectivity index (χ1) is 17.4. The molecule has 0 saturated carbocycles. The number of nitrogens with zero attached hydrogens (tertiary/aromatic N) is 3. The van der Waals surface area contributed by atoms with Gasteiger partial charge in [-0.3, -0.25) is 4.79 Å². The number of halogens is 1. The van der Waals surface area contributed by atoms with Crippen LogP contribution in [0.4, 0.5) is 21.6 Å². The zero-order valence-corrected chi connectivity index (χ0v) is 20.1. The zero-order chi connectivity index (χ0) is 25.2. The van der Waals surface area contributed by atoms with Crippen LogP contribution in [-0.2, 0) is 24.3 Å². The van der Waals surface area contributed by atoms with Crippen LogP contribution < -0.4 is 16.8 Å². The van der Waals surface area contributed by atoms with Crippen molar-refractivity contribution in [2.24, 2.45) is 5.73 Å². The van der Waals surface area contributed by atoms with E-state index < -0.39 is 6.04 Å². The molecule has 1 atom stereocenters. The maximum absolute atomic E-state index is 13.6. The molecule has 1 amide bonds. The van der Waals surface area contributed by atoms with Crippen LogP contribution in [0.15, 0.2) is 72.8 Å². The third-order valence-corrected chi connectivity index (χ3v) is 6.47. The van der Waals surface area contributed by atoms with E-state index in [1.807, 2.05) is 55.5 Å². The summed E-state index contributed by atoms with van der Waals surface area (Å²) in [5.41, 5.74) is 17.3. The molecule has 36 heavy (non-hydrogen) atoms. The van der Waals surface area contributed by atoms with Gasteiger partial charge in [0.15, 0.2) is 0 Å². The van der Waals surface area contributed by atoms with Crippen LogP contribution in [0.1, 0.15) is 17.0 Å². The highest BCUT2D eigenvalue weighted by atomic mass is 19.1. The molecule has 5 rings (SSSR count). The second-order valence-electron chi connectivity index (χ2n) is 9.19. The van der Waals surface area contributed by atoms with Crippen LogP contribution in [0, 0.1) is 12.7 Å². The van der Waals surface area contributed by atoms with Gasteiger partial charge in [-0.15, -0.1) is 0 Å². The Bertz CT molecular complexity index is 1360. The summed E-state index contributed by atoms with van der Waals surface area (Å²) in [5, 5.41) is 3.49. The van der Waals surface area contributed by atoms with Crippen LogP contribution in [0.25, 0.3) is 11.3 Å². The summed E-state index contributed by atoms with van der Waals surface area (Å²) in [6.07, 6.45) is 0.436. The second-order valence-corrected chi connectivity index (χ2v) is 9.19. The number of carbonyl (C=O) groups excluding carboxylic acids is 1.